The largest absolute Gasteiger partial charge is 0.459 e. The van der Waals surface area contributed by atoms with Gasteiger partial charge in [-0.3, -0.25) is 4.90 Å². The molecule has 0 aromatic heterocycles. The van der Waals surface area contributed by atoms with E-state index in [9.17, 15) is 9.59 Å². The summed E-state index contributed by atoms with van der Waals surface area (Å²) in [6, 6.07) is 8.75. The van der Waals surface area contributed by atoms with Crippen LogP contribution in [0.4, 0.5) is 4.79 Å². The molecule has 0 saturated heterocycles. The molecule has 1 aromatic carbocycles. The second-order valence-corrected chi connectivity index (χ2v) is 13.3. The summed E-state index contributed by atoms with van der Waals surface area (Å²) in [6.07, 6.45) is 0.541. The van der Waals surface area contributed by atoms with E-state index in [-0.39, 0.29) is 11.6 Å². The molecule has 28 heavy (non-hydrogen) atoms. The van der Waals surface area contributed by atoms with Crippen LogP contribution in [0.3, 0.4) is 0 Å². The van der Waals surface area contributed by atoms with Crippen LogP contribution in [0.5, 0.6) is 0 Å². The van der Waals surface area contributed by atoms with Crippen molar-refractivity contribution < 1.29 is 23.5 Å². The molecule has 6 nitrogen and oxygen atoms in total. The Bertz CT molecular complexity index is 627. The first-order valence-electron chi connectivity index (χ1n) is 9.65. The number of likely N-dealkylation sites (N-methyl/N-ethyl adjacent to an activating group) is 1. The Morgan fingerprint density at radius 2 is 1.75 bits per heavy atom. The third-order valence-corrected chi connectivity index (χ3v) is 9.86. The Hall–Kier alpha value is -1.86. The smallest absolute Gasteiger partial charge is 0.409 e. The highest BCUT2D eigenvalue weighted by Crippen LogP contribution is 2.36. The monoisotopic (exact) mass is 409 g/mol. The summed E-state index contributed by atoms with van der Waals surface area (Å²) in [5.41, 5.74) is 0.900. The minimum absolute atomic E-state index is 0.129. The summed E-state index contributed by atoms with van der Waals surface area (Å²) >= 11 is 0. The van der Waals surface area contributed by atoms with E-state index in [1.165, 1.54) is 12.0 Å². The zero-order valence-corrected chi connectivity index (χ0v) is 19.3. The van der Waals surface area contributed by atoms with Gasteiger partial charge in [0, 0.05) is 13.7 Å². The molecule has 0 aliphatic rings. The summed E-state index contributed by atoms with van der Waals surface area (Å²) in [6.45, 7) is 11.7. The number of hydrogen-bond donors (Lipinski definition) is 0. The molecule has 7 heteroatoms. The maximum Gasteiger partial charge on any atom is 0.409 e. The molecule has 1 aromatic rings. The van der Waals surface area contributed by atoms with E-state index >= 15 is 0 Å². The Morgan fingerprint density at radius 3 is 2.29 bits per heavy atom. The van der Waals surface area contributed by atoms with Gasteiger partial charge in [0.1, 0.15) is 12.6 Å². The zero-order valence-electron chi connectivity index (χ0n) is 18.3. The summed E-state index contributed by atoms with van der Waals surface area (Å²) in [4.78, 5) is 25.8. The van der Waals surface area contributed by atoms with Crippen LogP contribution < -0.4 is 0 Å². The minimum Gasteiger partial charge on any atom is -0.459 e. The first-order chi connectivity index (χ1) is 13.0. The molecule has 0 aliphatic carbocycles. The Morgan fingerprint density at radius 1 is 1.14 bits per heavy atom. The first-order valence-corrected chi connectivity index (χ1v) is 12.6. The molecule has 1 atom stereocenters. The number of nitrogens with zero attached hydrogens (tertiary/aromatic N) is 1. The lowest BCUT2D eigenvalue weighted by Gasteiger charge is -2.36. The van der Waals surface area contributed by atoms with Gasteiger partial charge in [-0.05, 0) is 36.5 Å². The van der Waals surface area contributed by atoms with Crippen LogP contribution in [0.25, 0.3) is 0 Å². The van der Waals surface area contributed by atoms with Crippen molar-refractivity contribution in [2.24, 2.45) is 0 Å². The van der Waals surface area contributed by atoms with Crippen LogP contribution in [0.15, 0.2) is 30.3 Å². The minimum atomic E-state index is -1.84. The lowest BCUT2D eigenvalue weighted by atomic mass is 10.1. The number of carbonyl (C=O) groups excluding carboxylic acids is 2. The molecule has 0 aliphatic heterocycles. The second kappa shape index (κ2) is 10.6. The van der Waals surface area contributed by atoms with Gasteiger partial charge in [0.2, 0.25) is 0 Å². The van der Waals surface area contributed by atoms with Crippen LogP contribution in [0.2, 0.25) is 18.1 Å². The number of amides is 1. The van der Waals surface area contributed by atoms with E-state index in [1.807, 2.05) is 30.3 Å². The quantitative estimate of drug-likeness (QED) is 0.339. The second-order valence-electron chi connectivity index (χ2n) is 8.44. The highest BCUT2D eigenvalue weighted by atomic mass is 28.4. The molecule has 0 N–H and O–H groups in total. The lowest BCUT2D eigenvalue weighted by molar-refractivity contribution is -0.150. The third kappa shape index (κ3) is 7.28. The van der Waals surface area contributed by atoms with Crippen molar-refractivity contribution in [3.05, 3.63) is 35.9 Å². The van der Waals surface area contributed by atoms with E-state index in [2.05, 4.69) is 33.9 Å². The van der Waals surface area contributed by atoms with Crippen LogP contribution in [-0.2, 0) is 25.3 Å². The number of ether oxygens (including phenoxy) is 2. The number of esters is 1. The molecule has 1 amide bonds. The molecular formula is C21H35NO5Si. The van der Waals surface area contributed by atoms with Gasteiger partial charge in [-0.25, -0.2) is 9.59 Å². The predicted octanol–water partition coefficient (Wildman–Crippen LogP) is 4.60. The van der Waals surface area contributed by atoms with Gasteiger partial charge in [0.15, 0.2) is 8.32 Å². The van der Waals surface area contributed by atoms with Crippen molar-refractivity contribution in [3.63, 3.8) is 0 Å². The molecule has 0 heterocycles. The van der Waals surface area contributed by atoms with E-state index in [0.717, 1.165) is 5.56 Å². The van der Waals surface area contributed by atoms with Crippen molar-refractivity contribution >= 4 is 20.4 Å². The van der Waals surface area contributed by atoms with Crippen LogP contribution in [0.1, 0.15) is 39.2 Å². The van der Waals surface area contributed by atoms with Crippen molar-refractivity contribution in [2.45, 2.75) is 64.4 Å². The summed E-state index contributed by atoms with van der Waals surface area (Å²) in [5.74, 6) is -0.441. The molecule has 0 unspecified atom stereocenters. The Labute approximate surface area is 170 Å². The third-order valence-electron chi connectivity index (χ3n) is 5.32. The fourth-order valence-electron chi connectivity index (χ4n) is 2.39. The first kappa shape index (κ1) is 24.2. The average Bonchev–Trinajstić information content (AvgIpc) is 2.64. The molecular weight excluding hydrogens is 374 g/mol. The average molecular weight is 410 g/mol. The highest BCUT2D eigenvalue weighted by Gasteiger charge is 2.37. The molecule has 0 bridgehead atoms. The van der Waals surface area contributed by atoms with E-state index < -0.39 is 26.4 Å². The number of methoxy groups -OCH3 is 1. The van der Waals surface area contributed by atoms with E-state index in [1.54, 1.807) is 7.05 Å². The molecule has 0 fully saturated rings. The van der Waals surface area contributed by atoms with Crippen LogP contribution in [0, 0.1) is 0 Å². The summed E-state index contributed by atoms with van der Waals surface area (Å²) in [7, 11) is 1.01. The highest BCUT2D eigenvalue weighted by molar-refractivity contribution is 6.74. The maximum atomic E-state index is 12.6. The fraction of sp³-hybridized carbons (Fsp3) is 0.619. The maximum absolute atomic E-state index is 12.6. The van der Waals surface area contributed by atoms with Crippen molar-refractivity contribution in [3.8, 4) is 0 Å². The number of carbonyl (C=O) groups is 2. The number of benzene rings is 1. The number of rotatable bonds is 9. The molecule has 158 valence electrons. The SMILES string of the molecule is COC(=O)N(C)[C@@H](CCCO[Si](C)(C)C(C)(C)C)C(=O)OCc1ccccc1. The topological polar surface area (TPSA) is 65.1 Å². The van der Waals surface area contributed by atoms with Gasteiger partial charge in [0.05, 0.1) is 7.11 Å². The van der Waals surface area contributed by atoms with Crippen molar-refractivity contribution in [2.75, 3.05) is 20.8 Å². The van der Waals surface area contributed by atoms with Crippen LogP contribution in [-0.4, -0.2) is 52.1 Å². The van der Waals surface area contributed by atoms with Gasteiger partial charge in [-0.1, -0.05) is 51.1 Å². The van der Waals surface area contributed by atoms with Gasteiger partial charge < -0.3 is 13.9 Å². The Balaban J connectivity index is 2.66. The van der Waals surface area contributed by atoms with Crippen molar-refractivity contribution in [1.82, 2.24) is 4.90 Å². The summed E-state index contributed by atoms with van der Waals surface area (Å²) in [5, 5.41) is 0.129. The van der Waals surface area contributed by atoms with Gasteiger partial charge in [-0.2, -0.15) is 0 Å². The van der Waals surface area contributed by atoms with Crippen molar-refractivity contribution in [1.29, 1.82) is 0 Å². The summed E-state index contributed by atoms with van der Waals surface area (Å²) < 4.78 is 16.4. The Kier molecular flexibility index (Phi) is 9.17. The van der Waals surface area contributed by atoms with Gasteiger partial charge in [-0.15, -0.1) is 0 Å². The van der Waals surface area contributed by atoms with E-state index in [0.29, 0.717) is 19.4 Å². The zero-order chi connectivity index (χ0) is 21.4. The molecule has 0 spiro atoms. The fourth-order valence-corrected chi connectivity index (χ4v) is 3.47. The van der Waals surface area contributed by atoms with Gasteiger partial charge in [0.25, 0.3) is 0 Å². The van der Waals surface area contributed by atoms with Crippen LogP contribution >= 0.6 is 0 Å². The molecule has 1 rings (SSSR count). The normalized spacial score (nSPS) is 13.0. The van der Waals surface area contributed by atoms with Gasteiger partial charge >= 0.3 is 12.1 Å². The predicted molar refractivity (Wildman–Crippen MR) is 113 cm³/mol. The molecule has 0 saturated carbocycles. The van der Waals surface area contributed by atoms with E-state index in [4.69, 9.17) is 13.9 Å². The standard InChI is InChI=1S/C21H35NO5Si/c1-21(2,3)28(6,7)27-15-11-14-18(22(4)20(24)25-5)19(23)26-16-17-12-9-8-10-13-17/h8-10,12-13,18H,11,14-16H2,1-7H3/t18-/m0/s1. The lowest BCUT2D eigenvalue weighted by Crippen LogP contribution is -2.44. The number of hydrogen-bond acceptors (Lipinski definition) is 5. The molecule has 0 radical (unpaired) electrons.